The molecular formula is C21H19N5O. The normalized spacial score (nSPS) is 10.5. The van der Waals surface area contributed by atoms with Gasteiger partial charge in [0, 0.05) is 17.8 Å². The number of nitrogens with one attached hydrogen (secondary N) is 2. The molecule has 0 fully saturated rings. The lowest BCUT2D eigenvalue weighted by molar-refractivity contribution is 0.306. The minimum atomic E-state index is 0.565. The Morgan fingerprint density at radius 3 is 2.44 bits per heavy atom. The van der Waals surface area contributed by atoms with Gasteiger partial charge in [0.05, 0.1) is 0 Å². The average Bonchev–Trinajstić information content (AvgIpc) is 3.27. The molecule has 0 bridgehead atoms. The number of nitrogens with zero attached hydrogens (tertiary/aromatic N) is 3. The summed E-state index contributed by atoms with van der Waals surface area (Å²) in [4.78, 5) is 0. The molecule has 3 aromatic carbocycles. The number of aromatic nitrogens is 4. The number of hydrogen-bond acceptors (Lipinski definition) is 5. The number of rotatable bonds is 7. The summed E-state index contributed by atoms with van der Waals surface area (Å²) < 4.78 is 5.89. The highest BCUT2D eigenvalue weighted by molar-refractivity contribution is 5.59. The summed E-state index contributed by atoms with van der Waals surface area (Å²) in [5, 5.41) is 17.4. The van der Waals surface area contributed by atoms with Gasteiger partial charge in [-0.25, -0.2) is 0 Å². The van der Waals surface area contributed by atoms with Crippen molar-refractivity contribution in [1.82, 2.24) is 20.6 Å². The van der Waals surface area contributed by atoms with Crippen LogP contribution >= 0.6 is 0 Å². The van der Waals surface area contributed by atoms with Crippen LogP contribution in [0.25, 0.3) is 11.4 Å². The van der Waals surface area contributed by atoms with E-state index < -0.39 is 0 Å². The number of anilines is 1. The Labute approximate surface area is 157 Å². The molecule has 0 saturated heterocycles. The molecule has 0 aliphatic heterocycles. The summed E-state index contributed by atoms with van der Waals surface area (Å²) in [6.45, 7) is 1.28. The third-order valence-corrected chi connectivity index (χ3v) is 4.13. The average molecular weight is 357 g/mol. The van der Waals surface area contributed by atoms with Crippen LogP contribution in [0.5, 0.6) is 5.75 Å². The Hall–Kier alpha value is -3.67. The van der Waals surface area contributed by atoms with E-state index in [1.165, 1.54) is 0 Å². The topological polar surface area (TPSA) is 75.7 Å². The maximum atomic E-state index is 5.89. The van der Waals surface area contributed by atoms with Crippen molar-refractivity contribution in [1.29, 1.82) is 0 Å². The number of hydrogen-bond donors (Lipinski definition) is 2. The quantitative estimate of drug-likeness (QED) is 0.522. The molecule has 0 amide bonds. The van der Waals surface area contributed by atoms with Gasteiger partial charge in [0.2, 0.25) is 5.82 Å². The molecule has 0 radical (unpaired) electrons. The van der Waals surface area contributed by atoms with Crippen LogP contribution in [0.1, 0.15) is 11.1 Å². The fourth-order valence-corrected chi connectivity index (χ4v) is 2.71. The van der Waals surface area contributed by atoms with Crippen molar-refractivity contribution < 1.29 is 4.74 Å². The minimum Gasteiger partial charge on any atom is -0.489 e. The van der Waals surface area contributed by atoms with Crippen LogP contribution in [0.4, 0.5) is 5.69 Å². The Balaban J connectivity index is 1.34. The maximum Gasteiger partial charge on any atom is 0.204 e. The van der Waals surface area contributed by atoms with Crippen molar-refractivity contribution in [2.24, 2.45) is 0 Å². The Morgan fingerprint density at radius 1 is 0.852 bits per heavy atom. The van der Waals surface area contributed by atoms with E-state index in [4.69, 9.17) is 4.74 Å². The first-order valence-corrected chi connectivity index (χ1v) is 8.70. The molecule has 0 aliphatic carbocycles. The lowest BCUT2D eigenvalue weighted by Crippen LogP contribution is -2.00. The highest BCUT2D eigenvalue weighted by Gasteiger charge is 2.03. The zero-order valence-electron chi connectivity index (χ0n) is 14.7. The van der Waals surface area contributed by atoms with Crippen LogP contribution in [0, 0.1) is 0 Å². The molecule has 0 atom stereocenters. The van der Waals surface area contributed by atoms with E-state index in [9.17, 15) is 0 Å². The predicted molar refractivity (Wildman–Crippen MR) is 104 cm³/mol. The second-order valence-electron chi connectivity index (χ2n) is 6.09. The largest absolute Gasteiger partial charge is 0.489 e. The highest BCUT2D eigenvalue weighted by Crippen LogP contribution is 2.19. The van der Waals surface area contributed by atoms with Crippen LogP contribution in [0.2, 0.25) is 0 Å². The molecule has 0 saturated carbocycles. The molecule has 1 heterocycles. The first-order chi connectivity index (χ1) is 13.4. The fourth-order valence-electron chi connectivity index (χ4n) is 2.71. The molecule has 6 heteroatoms. The van der Waals surface area contributed by atoms with Crippen LogP contribution < -0.4 is 10.1 Å². The lowest BCUT2D eigenvalue weighted by atomic mass is 10.1. The van der Waals surface area contributed by atoms with E-state index in [2.05, 4.69) is 50.2 Å². The van der Waals surface area contributed by atoms with Gasteiger partial charge in [0.25, 0.3) is 0 Å². The summed E-state index contributed by atoms with van der Waals surface area (Å²) in [6, 6.07) is 26.2. The van der Waals surface area contributed by atoms with Gasteiger partial charge in [-0.3, -0.25) is 0 Å². The maximum absolute atomic E-state index is 5.89. The monoisotopic (exact) mass is 357 g/mol. The van der Waals surface area contributed by atoms with E-state index in [1.54, 1.807) is 0 Å². The third kappa shape index (κ3) is 4.49. The van der Waals surface area contributed by atoms with Gasteiger partial charge in [-0.05, 0) is 52.7 Å². The standard InChI is InChI=1S/C21H19N5O/c1-2-5-16(6-3-1)15-27-20-8-4-7-17(13-20)14-22-19-11-9-18(10-12-19)21-23-25-26-24-21/h1-13,22H,14-15H2,(H,23,24,25,26). The first kappa shape index (κ1) is 16.8. The third-order valence-electron chi connectivity index (χ3n) is 4.13. The van der Waals surface area contributed by atoms with Crippen LogP contribution in [-0.4, -0.2) is 20.6 Å². The number of tetrazole rings is 1. The van der Waals surface area contributed by atoms with Crippen molar-refractivity contribution in [2.75, 3.05) is 5.32 Å². The Bertz CT molecular complexity index is 969. The van der Waals surface area contributed by atoms with E-state index in [0.29, 0.717) is 19.0 Å². The molecule has 0 aliphatic rings. The highest BCUT2D eigenvalue weighted by atomic mass is 16.5. The van der Waals surface area contributed by atoms with Gasteiger partial charge in [0.1, 0.15) is 12.4 Å². The van der Waals surface area contributed by atoms with Gasteiger partial charge in [-0.2, -0.15) is 5.21 Å². The molecule has 134 valence electrons. The van der Waals surface area contributed by atoms with Crippen molar-refractivity contribution in [2.45, 2.75) is 13.2 Å². The van der Waals surface area contributed by atoms with E-state index in [1.807, 2.05) is 54.6 Å². The number of aromatic amines is 1. The van der Waals surface area contributed by atoms with Crippen LogP contribution in [0.3, 0.4) is 0 Å². The smallest absolute Gasteiger partial charge is 0.204 e. The van der Waals surface area contributed by atoms with Gasteiger partial charge >= 0.3 is 0 Å². The fraction of sp³-hybridized carbons (Fsp3) is 0.0952. The molecule has 4 aromatic rings. The molecule has 1 aromatic heterocycles. The van der Waals surface area contributed by atoms with Crippen LogP contribution in [0.15, 0.2) is 78.9 Å². The predicted octanol–water partition coefficient (Wildman–Crippen LogP) is 4.06. The van der Waals surface area contributed by atoms with Crippen molar-refractivity contribution >= 4 is 5.69 Å². The Kier molecular flexibility index (Phi) is 5.06. The van der Waals surface area contributed by atoms with Crippen molar-refractivity contribution in [3.05, 3.63) is 90.0 Å². The zero-order valence-corrected chi connectivity index (χ0v) is 14.7. The summed E-state index contributed by atoms with van der Waals surface area (Å²) in [5.41, 5.74) is 4.26. The van der Waals surface area contributed by atoms with E-state index in [0.717, 1.165) is 28.1 Å². The van der Waals surface area contributed by atoms with Gasteiger partial charge in [-0.15, -0.1) is 10.2 Å². The molecule has 0 spiro atoms. The molecule has 27 heavy (non-hydrogen) atoms. The van der Waals surface area contributed by atoms with Crippen molar-refractivity contribution in [3.8, 4) is 17.1 Å². The molecule has 4 rings (SSSR count). The molecule has 2 N–H and O–H groups in total. The summed E-state index contributed by atoms with van der Waals surface area (Å²) >= 11 is 0. The minimum absolute atomic E-state index is 0.565. The van der Waals surface area contributed by atoms with Gasteiger partial charge < -0.3 is 10.1 Å². The molecule has 6 nitrogen and oxygen atoms in total. The van der Waals surface area contributed by atoms with E-state index >= 15 is 0 Å². The van der Waals surface area contributed by atoms with Crippen LogP contribution in [-0.2, 0) is 13.2 Å². The van der Waals surface area contributed by atoms with Gasteiger partial charge in [-0.1, -0.05) is 42.5 Å². The second-order valence-corrected chi connectivity index (χ2v) is 6.09. The summed E-state index contributed by atoms with van der Waals surface area (Å²) in [7, 11) is 0. The van der Waals surface area contributed by atoms with Crippen molar-refractivity contribution in [3.63, 3.8) is 0 Å². The number of benzene rings is 3. The Morgan fingerprint density at radius 2 is 1.67 bits per heavy atom. The lowest BCUT2D eigenvalue weighted by Gasteiger charge is -2.10. The second kappa shape index (κ2) is 8.14. The van der Waals surface area contributed by atoms with Gasteiger partial charge in [0.15, 0.2) is 0 Å². The first-order valence-electron chi connectivity index (χ1n) is 8.70. The number of H-pyrrole nitrogens is 1. The summed E-state index contributed by atoms with van der Waals surface area (Å²) in [6.07, 6.45) is 0. The SMILES string of the molecule is c1ccc(COc2cccc(CNc3ccc(-c4nn[nH]n4)cc3)c2)cc1. The molecular weight excluding hydrogens is 338 g/mol. The van der Waals surface area contributed by atoms with E-state index in [-0.39, 0.29) is 0 Å². The summed E-state index contributed by atoms with van der Waals surface area (Å²) in [5.74, 6) is 1.45. The molecule has 0 unspecified atom stereocenters. The zero-order chi connectivity index (χ0) is 18.3. The number of ether oxygens (including phenoxy) is 1.